The molecule has 43 heteroatoms. The molecule has 4 aliphatic heterocycles. The predicted molar refractivity (Wildman–Crippen MR) is 427 cm³/mol. The minimum atomic E-state index is -2.17. The first-order valence-electron chi connectivity index (χ1n) is 38.6. The number of carbonyl (C=O) groups excluding carboxylic acids is 17. The summed E-state index contributed by atoms with van der Waals surface area (Å²) in [5.74, 6) is -22.3. The summed E-state index contributed by atoms with van der Waals surface area (Å²) in [6.07, 6.45) is -4.34. The molecule has 1 aromatic heterocycles. The van der Waals surface area contributed by atoms with Gasteiger partial charge in [-0.15, -0.1) is 0 Å². The molecule has 0 aliphatic carbocycles. The molecule has 118 heavy (non-hydrogen) atoms. The lowest BCUT2D eigenvalue weighted by Crippen LogP contribution is -2.61. The summed E-state index contributed by atoms with van der Waals surface area (Å²) < 4.78 is 14.3. The average molecular weight is 1710 g/mol. The van der Waals surface area contributed by atoms with Crippen LogP contribution < -0.4 is 75.3 Å². The van der Waals surface area contributed by atoms with Crippen molar-refractivity contribution in [1.82, 2.24) is 83.5 Å². The molecule has 2 aromatic carbocycles. The number of carboxylic acid groups (broad SMARTS) is 2. The van der Waals surface area contributed by atoms with Gasteiger partial charge in [0.1, 0.15) is 72.3 Å². The van der Waals surface area contributed by atoms with E-state index < -0.39 is 255 Å². The number of amides is 17. The molecule has 0 unspecified atom stereocenters. The van der Waals surface area contributed by atoms with Crippen molar-refractivity contribution in [3.63, 3.8) is 0 Å². The van der Waals surface area contributed by atoms with E-state index in [4.69, 9.17) is 11.5 Å². The molecule has 39 nitrogen and oxygen atoms in total. The molecule has 5 heterocycles. The van der Waals surface area contributed by atoms with E-state index in [9.17, 15) is 96.1 Å². The van der Waals surface area contributed by atoms with Crippen molar-refractivity contribution in [2.75, 3.05) is 61.1 Å². The smallest absolute Gasteiger partial charge is 0.305 e. The molecule has 3 aromatic rings. The SMILES string of the molecule is CC(=O)N[C@H]1CSCCC(=O)N2CN3CN(C2)C(=O)CCSC[C@@H]2NC(=O)[C@H](CC(=O)O)NC(=O)[C@H](CCC(=O)O)NC(=O)[C@H](CC(C)C)NC(=O)[C@H](CCCCCC[C@H](NC(=O)[C@H](Cc4c[nH]c5ccccc45)NC2=O)C(=O)NCC(=O)N[C@@H](Cc2ccc(F)cc2)C(=O)N[C@H](C(N)=O)CSCCC3=O)NC(=O)[C@H](CCC(N)=O)NC1=O. The Hall–Kier alpha value is -11.1. The quantitative estimate of drug-likeness (QED) is 0.0629. The third-order valence-electron chi connectivity index (χ3n) is 19.4. The minimum Gasteiger partial charge on any atom is -0.481 e. The van der Waals surface area contributed by atoms with Crippen LogP contribution in [-0.4, -0.2) is 270 Å². The van der Waals surface area contributed by atoms with Gasteiger partial charge in [0.05, 0.1) is 33.0 Å². The van der Waals surface area contributed by atoms with Crippen molar-refractivity contribution >= 4 is 159 Å². The van der Waals surface area contributed by atoms with E-state index in [2.05, 4.69) is 68.8 Å². The Morgan fingerprint density at radius 2 is 1.00 bits per heavy atom. The number of aliphatic carboxylic acids is 2. The number of nitrogens with zero attached hydrogens (tertiary/aromatic N) is 3. The predicted octanol–water partition coefficient (Wildman–Crippen LogP) is -3.18. The summed E-state index contributed by atoms with van der Waals surface area (Å²) in [6, 6.07) is -7.01. The molecule has 644 valence electrons. The first-order chi connectivity index (χ1) is 56.1. The molecule has 0 saturated carbocycles. The van der Waals surface area contributed by atoms with Crippen LogP contribution in [0, 0.1) is 11.7 Å². The highest BCUT2D eigenvalue weighted by Crippen LogP contribution is 2.23. The minimum absolute atomic E-state index is 0.0275. The van der Waals surface area contributed by atoms with Gasteiger partial charge in [-0.1, -0.05) is 69.9 Å². The molecule has 11 atom stereocenters. The second-order valence-electron chi connectivity index (χ2n) is 29.3. The Morgan fingerprint density at radius 1 is 0.517 bits per heavy atom. The number of hydrogen-bond donors (Lipinski definition) is 17. The molecular weight excluding hydrogens is 1600 g/mol. The number of benzene rings is 2. The summed E-state index contributed by atoms with van der Waals surface area (Å²) >= 11 is 2.86. The highest BCUT2D eigenvalue weighted by Gasteiger charge is 2.39. The maximum absolute atomic E-state index is 15.4. The van der Waals surface area contributed by atoms with Gasteiger partial charge in [-0.25, -0.2) is 4.39 Å². The molecule has 4 saturated heterocycles. The molecule has 7 rings (SSSR count). The van der Waals surface area contributed by atoms with Gasteiger partial charge in [0.25, 0.3) is 0 Å². The molecule has 19 N–H and O–H groups in total. The second-order valence-corrected chi connectivity index (χ2v) is 32.7. The number of aromatic nitrogens is 1. The number of H-pyrrole nitrogens is 1. The number of carbonyl (C=O) groups is 19. The van der Waals surface area contributed by atoms with Gasteiger partial charge >= 0.3 is 11.9 Å². The number of fused-ring (bicyclic) bond motifs is 23. The third-order valence-corrected chi connectivity index (χ3v) is 22.6. The summed E-state index contributed by atoms with van der Waals surface area (Å²) in [7, 11) is 0. The normalized spacial score (nSPS) is 25.0. The zero-order chi connectivity index (χ0) is 86.3. The number of primary amides is 2. The highest BCUT2D eigenvalue weighted by molar-refractivity contribution is 7.99. The van der Waals surface area contributed by atoms with E-state index in [-0.39, 0.29) is 106 Å². The van der Waals surface area contributed by atoms with Crippen molar-refractivity contribution < 1.29 is 106 Å². The fourth-order valence-electron chi connectivity index (χ4n) is 13.1. The van der Waals surface area contributed by atoms with Crippen LogP contribution in [0.3, 0.4) is 0 Å². The van der Waals surface area contributed by atoms with Crippen molar-refractivity contribution in [2.24, 2.45) is 17.4 Å². The van der Waals surface area contributed by atoms with Crippen LogP contribution >= 0.6 is 35.3 Å². The number of aromatic amines is 1. The van der Waals surface area contributed by atoms with Crippen molar-refractivity contribution in [2.45, 2.75) is 196 Å². The first kappa shape index (κ1) is 94.0. The zero-order valence-electron chi connectivity index (χ0n) is 65.5. The molecule has 0 spiro atoms. The van der Waals surface area contributed by atoms with Crippen LogP contribution in [0.2, 0.25) is 0 Å². The fraction of sp³-hybridized carbons (Fsp3) is 0.560. The highest BCUT2D eigenvalue weighted by atomic mass is 32.2. The Balaban J connectivity index is 1.42. The first-order valence-corrected chi connectivity index (χ1v) is 42.0. The number of thioether (sulfide) groups is 3. The number of hydrogen-bond acceptors (Lipinski definition) is 22. The third kappa shape index (κ3) is 30.7. The average Bonchev–Trinajstić information content (AvgIpc) is 1.60. The van der Waals surface area contributed by atoms with Gasteiger partial charge in [0.2, 0.25) is 100 Å². The maximum atomic E-state index is 15.4. The van der Waals surface area contributed by atoms with Crippen LogP contribution in [0.4, 0.5) is 4.39 Å². The van der Waals surface area contributed by atoms with Crippen LogP contribution in [-0.2, 0) is 104 Å². The number of carboxylic acids is 2. The number of nitrogens with one attached hydrogen (secondary N) is 13. The van der Waals surface area contributed by atoms with Gasteiger partial charge in [-0.05, 0) is 67.3 Å². The van der Waals surface area contributed by atoms with E-state index in [0.717, 1.165) is 54.3 Å². The van der Waals surface area contributed by atoms with Crippen molar-refractivity contribution in [3.05, 3.63) is 71.7 Å². The lowest BCUT2D eigenvalue weighted by atomic mass is 9.99. The summed E-state index contributed by atoms with van der Waals surface area (Å²) in [6.45, 7) is 2.30. The van der Waals surface area contributed by atoms with Crippen molar-refractivity contribution in [3.8, 4) is 0 Å². The van der Waals surface area contributed by atoms with E-state index in [1.807, 2.05) is 0 Å². The largest absolute Gasteiger partial charge is 0.481 e. The van der Waals surface area contributed by atoms with Crippen LogP contribution in [0.5, 0.6) is 0 Å². The Labute approximate surface area is 690 Å². The van der Waals surface area contributed by atoms with E-state index in [1.165, 1.54) is 26.8 Å². The van der Waals surface area contributed by atoms with E-state index in [0.29, 0.717) is 22.0 Å². The van der Waals surface area contributed by atoms with Crippen LogP contribution in [0.1, 0.15) is 128 Å². The Kier molecular flexibility index (Phi) is 37.2. The van der Waals surface area contributed by atoms with Gasteiger partial charge in [0, 0.05) is 103 Å². The molecule has 6 bridgehead atoms. The molecular formula is C75H103FN18O21S3. The number of nitrogens with two attached hydrogens (primary N) is 2. The molecule has 4 aliphatic rings. The maximum Gasteiger partial charge on any atom is 0.305 e. The van der Waals surface area contributed by atoms with E-state index >= 15 is 9.59 Å². The Morgan fingerprint density at radius 3 is 1.58 bits per heavy atom. The molecule has 0 radical (unpaired) electrons. The summed E-state index contributed by atoms with van der Waals surface area (Å²) in [4.78, 5) is 276. The lowest BCUT2D eigenvalue weighted by Gasteiger charge is -2.42. The zero-order valence-corrected chi connectivity index (χ0v) is 67.9. The van der Waals surface area contributed by atoms with Crippen LogP contribution in [0.15, 0.2) is 54.7 Å². The second kappa shape index (κ2) is 46.7. The standard InChI is InChI=1S/C75H103FN18O21S3/c1-40(2)28-51-70(110)85-50(19-21-63(101)102)69(109)89-54(31-64(103)104)73(113)91-57-36-118-27-24-62(100)94-38-92-37-93(39-94)61(99)23-26-117-35-56(81-41(3)95)74(114)86-49(18-20-58(77)96)68(108)84-48(67(107)87-51)13-7-5-4-6-12-47(83-72(112)53(88-75(57)115)30-43-32-79-46-11-9-8-10-45(43)46)66(106)80-33-59(97)82-52(29-42-14-16-44(76)17-15-42)71(111)90-55(65(78)105)34-116-25-22-60(92)98/h8-11,14-17,32,40,47-57,79H,4-7,12-13,18-31,33-39H2,1-3H3,(H2,77,96)(H2,78,105)(H,80,106)(H,81,95)(H,82,97)(H,83,112)(H,84,108)(H,85,110)(H,86,114)(H,87,107)(H,88,115)(H,89,109)(H,90,111)(H,91,113)(H,101,102)(H,103,104)/t47-,48-,49-,50-,51-,52-,53-,54-,55-,56-,57-/m0/s1. The van der Waals surface area contributed by atoms with Crippen molar-refractivity contribution in [1.29, 1.82) is 0 Å². The van der Waals surface area contributed by atoms with Gasteiger partial charge in [-0.2, -0.15) is 35.3 Å². The topological polar surface area (TPSA) is 587 Å². The molecule has 17 amide bonds. The Bertz CT molecular complexity index is 4180. The van der Waals surface area contributed by atoms with Gasteiger partial charge < -0.3 is 105 Å². The van der Waals surface area contributed by atoms with Gasteiger partial charge in [0.15, 0.2) is 0 Å². The number of halogens is 1. The molecule has 4 fully saturated rings. The monoisotopic (exact) mass is 1710 g/mol. The van der Waals surface area contributed by atoms with Crippen LogP contribution in [0.25, 0.3) is 10.9 Å². The number of para-hydroxylation sites is 1. The lowest BCUT2D eigenvalue weighted by molar-refractivity contribution is -0.158. The van der Waals surface area contributed by atoms with Gasteiger partial charge in [-0.3, -0.25) is 91.1 Å². The summed E-state index contributed by atoms with van der Waals surface area (Å²) in [5, 5.41) is 51.1. The fourth-order valence-corrected chi connectivity index (χ4v) is 16.0. The number of rotatable bonds is 16. The summed E-state index contributed by atoms with van der Waals surface area (Å²) in [5.41, 5.74) is 12.7. The van der Waals surface area contributed by atoms with E-state index in [1.54, 1.807) is 44.3 Å².